The van der Waals surface area contributed by atoms with Crippen LogP contribution in [0.2, 0.25) is 0 Å². The molecule has 3 heterocycles. The Morgan fingerprint density at radius 1 is 0.639 bits per heavy atom. The van der Waals surface area contributed by atoms with E-state index in [-0.39, 0.29) is 6.92 Å². The first kappa shape index (κ1) is 29.3. The molecule has 3 aliphatic rings. The minimum atomic E-state index is -8.77. The van der Waals surface area contributed by atoms with E-state index in [1.807, 2.05) is 0 Å². The molecule has 0 aliphatic carbocycles. The van der Waals surface area contributed by atoms with Crippen LogP contribution in [0.15, 0.2) is 11.4 Å². The molecule has 1 unspecified atom stereocenters. The fourth-order valence-corrected chi connectivity index (χ4v) is 11.8. The van der Waals surface area contributed by atoms with Crippen molar-refractivity contribution in [3.63, 3.8) is 0 Å². The van der Waals surface area contributed by atoms with E-state index in [2.05, 4.69) is 13.8 Å². The molecule has 3 nitrogen and oxygen atoms in total. The van der Waals surface area contributed by atoms with Gasteiger partial charge in [-0.1, -0.05) is 0 Å². The number of hydrogen-bond acceptors (Lipinski definition) is 3. The molecular weight excluding hydrogens is 589 g/mol. The fraction of sp³-hybridized carbons (Fsp3) is 0.857. The molecule has 0 aromatic carbocycles. The first-order chi connectivity index (χ1) is 15.4. The first-order valence-corrected chi connectivity index (χ1v) is 10.9. The Hall–Kier alpha value is -1.21. The molecular formula is C14H7F18O3P. The molecule has 1 atom stereocenters. The van der Waals surface area contributed by atoms with E-state index in [1.165, 1.54) is 0 Å². The molecule has 0 aromatic heterocycles. The second kappa shape index (κ2) is 6.67. The summed E-state index contributed by atoms with van der Waals surface area (Å²) < 4.78 is 256. The summed E-state index contributed by atoms with van der Waals surface area (Å²) in [7, 11) is -8.77. The average molecular weight is 596 g/mol. The van der Waals surface area contributed by atoms with Crippen LogP contribution in [0.3, 0.4) is 0 Å². The van der Waals surface area contributed by atoms with Gasteiger partial charge in [0, 0.05) is 0 Å². The molecule has 22 heteroatoms. The third-order valence-corrected chi connectivity index (χ3v) is 11.8. The summed E-state index contributed by atoms with van der Waals surface area (Å²) in [6.45, 7) is 0.267. The van der Waals surface area contributed by atoms with Gasteiger partial charge in [0.1, 0.15) is 0 Å². The van der Waals surface area contributed by atoms with E-state index in [4.69, 9.17) is 0 Å². The minimum absolute atomic E-state index is 0.267. The van der Waals surface area contributed by atoms with Gasteiger partial charge < -0.3 is 0 Å². The third kappa shape index (κ3) is 2.80. The topological polar surface area (TPSA) is 27.7 Å². The Balaban J connectivity index is 2.62. The van der Waals surface area contributed by atoms with Crippen molar-refractivity contribution in [1.29, 1.82) is 0 Å². The van der Waals surface area contributed by atoms with Gasteiger partial charge >= 0.3 is 184 Å². The van der Waals surface area contributed by atoms with Crippen LogP contribution in [-0.2, 0) is 13.8 Å². The molecule has 2 fully saturated rings. The molecule has 3 aliphatic heterocycles. The Morgan fingerprint density at radius 2 is 1.03 bits per heavy atom. The Morgan fingerprint density at radius 3 is 1.33 bits per heavy atom. The van der Waals surface area contributed by atoms with Crippen molar-refractivity contribution in [2.24, 2.45) is 0 Å². The predicted molar refractivity (Wildman–Crippen MR) is 76.9 cm³/mol. The zero-order chi connectivity index (χ0) is 28.6. The van der Waals surface area contributed by atoms with Gasteiger partial charge in [0.05, 0.1) is 0 Å². The molecule has 36 heavy (non-hydrogen) atoms. The van der Waals surface area contributed by atoms with Gasteiger partial charge in [-0.15, -0.1) is 0 Å². The van der Waals surface area contributed by atoms with Crippen LogP contribution >= 0.6 is 7.06 Å². The quantitative estimate of drug-likeness (QED) is 0.213. The zero-order valence-electron chi connectivity index (χ0n) is 16.3. The van der Waals surface area contributed by atoms with Gasteiger partial charge in [0.15, 0.2) is 0 Å². The number of ether oxygens (including phenoxy) is 1. The zero-order valence-corrected chi connectivity index (χ0v) is 17.2. The second-order valence-corrected chi connectivity index (χ2v) is 12.1. The normalized spacial score (nSPS) is 30.2. The predicted octanol–water partition coefficient (Wildman–Crippen LogP) is 7.63. The van der Waals surface area contributed by atoms with Crippen molar-refractivity contribution in [3.05, 3.63) is 11.4 Å². The third-order valence-electron chi connectivity index (χ3n) is 5.96. The molecule has 0 radical (unpaired) electrons. The SMILES string of the molecule is CC1=CP23(OC(C(F)(F)F)(C(F)(F)F)OC2(C(F)(F)F)C(F)(F)F)OC(C(F)(F)F)(C(F)(F)F)C3C1. The van der Waals surface area contributed by atoms with Crippen molar-refractivity contribution in [2.45, 2.75) is 72.8 Å². The van der Waals surface area contributed by atoms with E-state index in [0.29, 0.717) is 0 Å². The molecule has 0 bridgehead atoms. The van der Waals surface area contributed by atoms with E-state index in [9.17, 15) is 79.0 Å². The standard InChI is InChI=1S/C14H7F18O3P/c1-4-2-5-6(9(15,16)17,10(18,19)20)34-36(5,3-4)8(13(27,28)29,14(30,31)32)33-7(35-36,11(21,22)23)12(24,25)26/h3,5H,2H2,1H3. The summed E-state index contributed by atoms with van der Waals surface area (Å²) in [5.74, 6) is -7.92. The van der Waals surface area contributed by atoms with E-state index in [1.54, 1.807) is 0 Å². The van der Waals surface area contributed by atoms with Crippen LogP contribution in [0.5, 0.6) is 0 Å². The van der Waals surface area contributed by atoms with Gasteiger partial charge in [-0.25, -0.2) is 0 Å². The number of halogens is 18. The van der Waals surface area contributed by atoms with Crippen LogP contribution in [-0.4, -0.2) is 59.4 Å². The molecule has 3 rings (SSSR count). The van der Waals surface area contributed by atoms with Gasteiger partial charge in [0.2, 0.25) is 0 Å². The summed E-state index contributed by atoms with van der Waals surface area (Å²) in [5, 5.41) is -7.07. The van der Waals surface area contributed by atoms with Crippen LogP contribution < -0.4 is 0 Å². The molecule has 212 valence electrons. The number of hydrogen-bond donors (Lipinski definition) is 0. The van der Waals surface area contributed by atoms with E-state index in [0.717, 1.165) is 0 Å². The van der Waals surface area contributed by atoms with Gasteiger partial charge in [-0.2, -0.15) is 0 Å². The monoisotopic (exact) mass is 596 g/mol. The number of alkyl halides is 18. The fourth-order valence-electron chi connectivity index (χ4n) is 4.85. The van der Waals surface area contributed by atoms with Crippen molar-refractivity contribution in [1.82, 2.24) is 0 Å². The van der Waals surface area contributed by atoms with E-state index < -0.39 is 84.3 Å². The molecule has 0 amide bonds. The second-order valence-electron chi connectivity index (χ2n) is 8.05. The van der Waals surface area contributed by atoms with Gasteiger partial charge in [-0.05, 0) is 0 Å². The first-order valence-electron chi connectivity index (χ1n) is 8.66. The van der Waals surface area contributed by atoms with Crippen LogP contribution in [0.25, 0.3) is 0 Å². The van der Waals surface area contributed by atoms with Crippen LogP contribution in [0.1, 0.15) is 13.3 Å². The maximum atomic E-state index is 14.1. The molecule has 0 aromatic rings. The van der Waals surface area contributed by atoms with Crippen LogP contribution in [0.4, 0.5) is 79.0 Å². The average Bonchev–Trinajstić information content (AvgIpc) is 2.97. The number of rotatable bonds is 0. The van der Waals surface area contributed by atoms with E-state index >= 15 is 0 Å². The summed E-state index contributed by atoms with van der Waals surface area (Å²) in [4.78, 5) is 0. The summed E-state index contributed by atoms with van der Waals surface area (Å²) in [5.41, 5.74) is -11.9. The maximum absolute atomic E-state index is 14.1. The van der Waals surface area contributed by atoms with Crippen molar-refractivity contribution >= 4 is 7.06 Å². The Labute approximate surface area is 185 Å². The van der Waals surface area contributed by atoms with Gasteiger partial charge in [0.25, 0.3) is 0 Å². The van der Waals surface area contributed by atoms with Gasteiger partial charge in [-0.3, -0.25) is 0 Å². The summed E-state index contributed by atoms with van der Waals surface area (Å²) >= 11 is 0. The summed E-state index contributed by atoms with van der Waals surface area (Å²) in [6, 6.07) is 0. The molecule has 2 saturated heterocycles. The van der Waals surface area contributed by atoms with Crippen molar-refractivity contribution in [2.75, 3.05) is 0 Å². The van der Waals surface area contributed by atoms with Crippen molar-refractivity contribution < 1.29 is 92.8 Å². The molecule has 1 spiro atoms. The number of allylic oxidation sites excluding steroid dienone is 1. The Kier molecular flexibility index (Phi) is 5.44. The van der Waals surface area contributed by atoms with Crippen molar-refractivity contribution in [3.8, 4) is 0 Å². The Bertz CT molecular complexity index is 938. The molecule has 0 N–H and O–H groups in total. The summed E-state index contributed by atoms with van der Waals surface area (Å²) in [6.07, 6.45) is -46.3. The van der Waals surface area contributed by atoms with Crippen LogP contribution in [0, 0.1) is 0 Å². The molecule has 0 saturated carbocycles.